The molecule has 0 amide bonds. The van der Waals surface area contributed by atoms with Crippen LogP contribution in [0.15, 0.2) is 29.2 Å². The van der Waals surface area contributed by atoms with E-state index in [1.165, 1.54) is 4.31 Å². The molecule has 1 atom stereocenters. The molecule has 6 heteroatoms. The van der Waals surface area contributed by atoms with Crippen LogP contribution in [-0.2, 0) is 16.6 Å². The predicted molar refractivity (Wildman–Crippen MR) is 75.2 cm³/mol. The van der Waals surface area contributed by atoms with E-state index in [-0.39, 0.29) is 6.04 Å². The lowest BCUT2D eigenvalue weighted by Crippen LogP contribution is -2.31. The number of hydrogen-bond acceptors (Lipinski definition) is 4. The van der Waals surface area contributed by atoms with E-state index in [2.05, 4.69) is 0 Å². The Bertz CT molecular complexity index is 525. The standard InChI is InChI=1S/C13H21N3O2S/c1-15(2)9-11-3-5-13(6-4-11)19(17,18)16-8-7-12(14)10-16/h3-6,12H,7-10,14H2,1-2H3/t12-/m0/s1. The number of hydrogen-bond donors (Lipinski definition) is 1. The Balaban J connectivity index is 2.17. The molecule has 0 bridgehead atoms. The van der Waals surface area contributed by atoms with Crippen molar-refractivity contribution in [1.82, 2.24) is 9.21 Å². The summed E-state index contributed by atoms with van der Waals surface area (Å²) in [5.41, 5.74) is 6.87. The summed E-state index contributed by atoms with van der Waals surface area (Å²) in [5, 5.41) is 0. The smallest absolute Gasteiger partial charge is 0.243 e. The first kappa shape index (κ1) is 14.5. The van der Waals surface area contributed by atoms with Crippen molar-refractivity contribution < 1.29 is 8.42 Å². The fourth-order valence-corrected chi connectivity index (χ4v) is 3.76. The minimum absolute atomic E-state index is 0.0391. The first-order valence-electron chi connectivity index (χ1n) is 6.39. The average Bonchev–Trinajstić information content (AvgIpc) is 2.76. The SMILES string of the molecule is CN(C)Cc1ccc(S(=O)(=O)N2CC[C@H](N)C2)cc1. The molecule has 2 N–H and O–H groups in total. The van der Waals surface area contributed by atoms with Gasteiger partial charge in [-0.3, -0.25) is 0 Å². The molecule has 1 aliphatic heterocycles. The molecule has 19 heavy (non-hydrogen) atoms. The summed E-state index contributed by atoms with van der Waals surface area (Å²) >= 11 is 0. The molecule has 1 fully saturated rings. The Labute approximate surface area is 115 Å². The maximum absolute atomic E-state index is 12.4. The number of nitrogens with zero attached hydrogens (tertiary/aromatic N) is 2. The van der Waals surface area contributed by atoms with Crippen LogP contribution in [0.3, 0.4) is 0 Å². The van der Waals surface area contributed by atoms with Crippen molar-refractivity contribution in [3.05, 3.63) is 29.8 Å². The highest BCUT2D eigenvalue weighted by atomic mass is 32.2. The fourth-order valence-electron chi connectivity index (χ4n) is 2.25. The monoisotopic (exact) mass is 283 g/mol. The van der Waals surface area contributed by atoms with Gasteiger partial charge in [0.15, 0.2) is 0 Å². The van der Waals surface area contributed by atoms with Crippen LogP contribution < -0.4 is 5.73 Å². The van der Waals surface area contributed by atoms with Crippen molar-refractivity contribution in [3.8, 4) is 0 Å². The van der Waals surface area contributed by atoms with Crippen LogP contribution in [0.25, 0.3) is 0 Å². The largest absolute Gasteiger partial charge is 0.326 e. The van der Waals surface area contributed by atoms with Crippen molar-refractivity contribution in [2.45, 2.75) is 23.9 Å². The lowest BCUT2D eigenvalue weighted by Gasteiger charge is -2.16. The van der Waals surface area contributed by atoms with E-state index in [0.29, 0.717) is 18.0 Å². The van der Waals surface area contributed by atoms with E-state index in [0.717, 1.165) is 18.5 Å². The van der Waals surface area contributed by atoms with Gasteiger partial charge in [-0.15, -0.1) is 0 Å². The summed E-state index contributed by atoms with van der Waals surface area (Å²) in [6.45, 7) is 1.74. The van der Waals surface area contributed by atoms with E-state index < -0.39 is 10.0 Å². The zero-order valence-corrected chi connectivity index (χ0v) is 12.2. The minimum atomic E-state index is -3.38. The topological polar surface area (TPSA) is 66.6 Å². The van der Waals surface area contributed by atoms with E-state index in [1.807, 2.05) is 31.1 Å². The molecule has 1 heterocycles. The number of benzene rings is 1. The lowest BCUT2D eigenvalue weighted by atomic mass is 10.2. The zero-order chi connectivity index (χ0) is 14.0. The molecule has 2 rings (SSSR count). The second-order valence-corrected chi connectivity index (χ2v) is 7.23. The molecule has 0 spiro atoms. The number of nitrogens with two attached hydrogens (primary N) is 1. The first-order valence-corrected chi connectivity index (χ1v) is 7.83. The van der Waals surface area contributed by atoms with Crippen molar-refractivity contribution in [2.75, 3.05) is 27.2 Å². The highest BCUT2D eigenvalue weighted by Gasteiger charge is 2.30. The van der Waals surface area contributed by atoms with Crippen molar-refractivity contribution >= 4 is 10.0 Å². The second-order valence-electron chi connectivity index (χ2n) is 5.29. The molecule has 106 valence electrons. The normalized spacial score (nSPS) is 21.2. The summed E-state index contributed by atoms with van der Waals surface area (Å²) in [6.07, 6.45) is 0.734. The van der Waals surface area contributed by atoms with Crippen LogP contribution in [0.4, 0.5) is 0 Å². The molecule has 0 aliphatic carbocycles. The van der Waals surface area contributed by atoms with Crippen LogP contribution in [0, 0.1) is 0 Å². The highest BCUT2D eigenvalue weighted by Crippen LogP contribution is 2.20. The third-order valence-corrected chi connectivity index (χ3v) is 5.13. The van der Waals surface area contributed by atoms with Gasteiger partial charge in [0, 0.05) is 25.7 Å². The Morgan fingerprint density at radius 2 is 1.95 bits per heavy atom. The summed E-state index contributed by atoms with van der Waals surface area (Å²) in [5.74, 6) is 0. The van der Waals surface area contributed by atoms with Gasteiger partial charge < -0.3 is 10.6 Å². The fraction of sp³-hybridized carbons (Fsp3) is 0.538. The molecule has 1 aliphatic rings. The summed E-state index contributed by atoms with van der Waals surface area (Å²) < 4.78 is 26.2. The van der Waals surface area contributed by atoms with Gasteiger partial charge in [0.25, 0.3) is 0 Å². The maximum Gasteiger partial charge on any atom is 0.243 e. The molecule has 0 saturated carbocycles. The molecular formula is C13H21N3O2S. The van der Waals surface area contributed by atoms with Crippen LogP contribution >= 0.6 is 0 Å². The van der Waals surface area contributed by atoms with Gasteiger partial charge in [0.2, 0.25) is 10.0 Å². The molecule has 1 aromatic carbocycles. The molecule has 0 aromatic heterocycles. The average molecular weight is 283 g/mol. The van der Waals surface area contributed by atoms with Crippen molar-refractivity contribution in [1.29, 1.82) is 0 Å². The van der Waals surface area contributed by atoms with E-state index in [9.17, 15) is 8.42 Å². The molecular weight excluding hydrogens is 262 g/mol. The van der Waals surface area contributed by atoms with Gasteiger partial charge in [-0.2, -0.15) is 4.31 Å². The Hall–Kier alpha value is -0.950. The number of sulfonamides is 1. The van der Waals surface area contributed by atoms with Crippen LogP contribution in [-0.4, -0.2) is 50.8 Å². The molecule has 0 unspecified atom stereocenters. The molecule has 1 aromatic rings. The second kappa shape index (κ2) is 5.58. The van der Waals surface area contributed by atoms with Gasteiger partial charge in [0.05, 0.1) is 4.90 Å². The van der Waals surface area contributed by atoms with Crippen LogP contribution in [0.1, 0.15) is 12.0 Å². The predicted octanol–water partition coefficient (Wildman–Crippen LogP) is 0.470. The summed E-state index contributed by atoms with van der Waals surface area (Å²) in [7, 11) is 0.588. The summed E-state index contributed by atoms with van der Waals surface area (Å²) in [4.78, 5) is 2.40. The Morgan fingerprint density at radius 1 is 1.32 bits per heavy atom. The minimum Gasteiger partial charge on any atom is -0.326 e. The third-order valence-electron chi connectivity index (χ3n) is 3.25. The summed E-state index contributed by atoms with van der Waals surface area (Å²) in [6, 6.07) is 7.05. The van der Waals surface area contributed by atoms with Gasteiger partial charge >= 0.3 is 0 Å². The molecule has 1 saturated heterocycles. The molecule has 5 nitrogen and oxygen atoms in total. The Morgan fingerprint density at radius 3 is 2.42 bits per heavy atom. The van der Waals surface area contributed by atoms with Crippen LogP contribution in [0.5, 0.6) is 0 Å². The first-order chi connectivity index (χ1) is 8.89. The lowest BCUT2D eigenvalue weighted by molar-refractivity contribution is 0.402. The quantitative estimate of drug-likeness (QED) is 0.872. The van der Waals surface area contributed by atoms with E-state index in [4.69, 9.17) is 5.73 Å². The van der Waals surface area contributed by atoms with Crippen molar-refractivity contribution in [2.24, 2.45) is 5.73 Å². The van der Waals surface area contributed by atoms with Crippen molar-refractivity contribution in [3.63, 3.8) is 0 Å². The van der Waals surface area contributed by atoms with Gasteiger partial charge in [-0.05, 0) is 38.2 Å². The highest BCUT2D eigenvalue weighted by molar-refractivity contribution is 7.89. The van der Waals surface area contributed by atoms with Crippen LogP contribution in [0.2, 0.25) is 0 Å². The third kappa shape index (κ3) is 3.33. The van der Waals surface area contributed by atoms with E-state index in [1.54, 1.807) is 12.1 Å². The zero-order valence-electron chi connectivity index (χ0n) is 11.4. The molecule has 0 radical (unpaired) electrons. The maximum atomic E-state index is 12.4. The van der Waals surface area contributed by atoms with Gasteiger partial charge in [0.1, 0.15) is 0 Å². The Kier molecular flexibility index (Phi) is 4.25. The number of rotatable bonds is 4. The van der Waals surface area contributed by atoms with E-state index >= 15 is 0 Å². The van der Waals surface area contributed by atoms with Gasteiger partial charge in [-0.1, -0.05) is 12.1 Å². The van der Waals surface area contributed by atoms with Gasteiger partial charge in [-0.25, -0.2) is 8.42 Å².